The van der Waals surface area contributed by atoms with Crippen molar-refractivity contribution in [2.24, 2.45) is 0 Å². The monoisotopic (exact) mass is 428 g/mol. The average molecular weight is 428 g/mol. The second-order valence-electron chi connectivity index (χ2n) is 7.35. The number of carbonyl (C=O) groups is 2. The van der Waals surface area contributed by atoms with Crippen LogP contribution in [0.2, 0.25) is 0 Å². The molecule has 162 valence electrons. The molecule has 0 spiro atoms. The van der Waals surface area contributed by atoms with Crippen molar-refractivity contribution >= 4 is 23.6 Å². The lowest BCUT2D eigenvalue weighted by Crippen LogP contribution is -2.52. The van der Waals surface area contributed by atoms with E-state index in [2.05, 4.69) is 6.58 Å². The van der Waals surface area contributed by atoms with E-state index in [0.717, 1.165) is 11.1 Å². The lowest BCUT2D eigenvalue weighted by molar-refractivity contribution is 0.141. The van der Waals surface area contributed by atoms with Gasteiger partial charge in [0.05, 0.1) is 24.0 Å². The molecule has 0 fully saturated rings. The maximum atomic E-state index is 13.0. The van der Waals surface area contributed by atoms with Gasteiger partial charge in [0.25, 0.3) is 0 Å². The first-order valence-corrected chi connectivity index (χ1v) is 10.4. The zero-order chi connectivity index (χ0) is 22.3. The largest absolute Gasteiger partial charge is 0.444 e. The summed E-state index contributed by atoms with van der Waals surface area (Å²) in [6.45, 7) is 4.41. The second-order valence-corrected chi connectivity index (χ2v) is 7.35. The zero-order valence-corrected chi connectivity index (χ0v) is 17.6. The highest BCUT2D eigenvalue weighted by atomic mass is 16.6. The SMILES string of the molecule is C=CC1CN(C(=O)OCc2ccccc2)c2ccccc2N1C(=O)OCc1ccccc1. The zero-order valence-electron chi connectivity index (χ0n) is 17.6. The van der Waals surface area contributed by atoms with Gasteiger partial charge >= 0.3 is 12.2 Å². The average Bonchev–Trinajstić information content (AvgIpc) is 2.86. The van der Waals surface area contributed by atoms with Crippen molar-refractivity contribution in [2.45, 2.75) is 19.3 Å². The number of amides is 2. The van der Waals surface area contributed by atoms with E-state index in [4.69, 9.17) is 9.47 Å². The molecule has 0 N–H and O–H groups in total. The molecule has 0 aliphatic carbocycles. The summed E-state index contributed by atoms with van der Waals surface area (Å²) < 4.78 is 11.1. The van der Waals surface area contributed by atoms with Crippen LogP contribution in [0, 0.1) is 0 Å². The Morgan fingerprint density at radius 3 is 1.84 bits per heavy atom. The first-order chi connectivity index (χ1) is 15.7. The van der Waals surface area contributed by atoms with Gasteiger partial charge in [-0.25, -0.2) is 9.59 Å². The number of nitrogens with zero attached hydrogens (tertiary/aromatic N) is 2. The minimum Gasteiger partial charge on any atom is -0.444 e. The van der Waals surface area contributed by atoms with Crippen LogP contribution in [0.15, 0.2) is 97.6 Å². The molecule has 6 nitrogen and oxygen atoms in total. The van der Waals surface area contributed by atoms with Crippen LogP contribution in [0.25, 0.3) is 0 Å². The molecule has 2 amide bonds. The van der Waals surface area contributed by atoms with E-state index in [1.165, 1.54) is 9.80 Å². The third kappa shape index (κ3) is 4.64. The van der Waals surface area contributed by atoms with Crippen molar-refractivity contribution in [1.29, 1.82) is 0 Å². The highest BCUT2D eigenvalue weighted by Crippen LogP contribution is 2.36. The topological polar surface area (TPSA) is 59.1 Å². The minimum absolute atomic E-state index is 0.158. The Hall–Kier alpha value is -4.06. The number of rotatable bonds is 5. The Kier molecular flexibility index (Phi) is 6.51. The molecule has 1 atom stereocenters. The van der Waals surface area contributed by atoms with Crippen molar-refractivity contribution < 1.29 is 19.1 Å². The number of hydrogen-bond acceptors (Lipinski definition) is 4. The van der Waals surface area contributed by atoms with Gasteiger partial charge in [-0.2, -0.15) is 0 Å². The molecule has 1 heterocycles. The maximum Gasteiger partial charge on any atom is 0.415 e. The molecular formula is C26H24N2O4. The molecule has 6 heteroatoms. The number of hydrogen-bond donors (Lipinski definition) is 0. The van der Waals surface area contributed by atoms with Gasteiger partial charge in [0.15, 0.2) is 0 Å². The predicted octanol–water partition coefficient (Wildman–Crippen LogP) is 5.54. The summed E-state index contributed by atoms with van der Waals surface area (Å²) in [4.78, 5) is 29.0. The standard InChI is InChI=1S/C26H24N2O4/c1-2-22-17-27(25(29)31-18-20-11-5-3-6-12-20)23-15-9-10-16-24(23)28(22)26(30)32-19-21-13-7-4-8-14-21/h2-16,22H,1,17-19H2. The van der Waals surface area contributed by atoms with Crippen LogP contribution >= 0.6 is 0 Å². The molecule has 0 saturated heterocycles. The first kappa shape index (κ1) is 21.2. The molecule has 0 aromatic heterocycles. The summed E-state index contributed by atoms with van der Waals surface area (Å²) >= 11 is 0. The first-order valence-electron chi connectivity index (χ1n) is 10.4. The summed E-state index contributed by atoms with van der Waals surface area (Å²) in [5, 5.41) is 0. The van der Waals surface area contributed by atoms with Crippen LogP contribution in [-0.4, -0.2) is 24.8 Å². The number of para-hydroxylation sites is 2. The number of carbonyl (C=O) groups excluding carboxylic acids is 2. The fourth-order valence-corrected chi connectivity index (χ4v) is 3.61. The van der Waals surface area contributed by atoms with Crippen molar-refractivity contribution in [3.8, 4) is 0 Å². The van der Waals surface area contributed by atoms with Crippen LogP contribution < -0.4 is 9.80 Å². The molecule has 3 aromatic carbocycles. The van der Waals surface area contributed by atoms with Crippen LogP contribution in [-0.2, 0) is 22.7 Å². The number of benzene rings is 3. The summed E-state index contributed by atoms with van der Waals surface area (Å²) in [5.41, 5.74) is 2.95. The molecule has 4 rings (SSSR count). The molecule has 0 bridgehead atoms. The lowest BCUT2D eigenvalue weighted by atomic mass is 10.1. The third-order valence-corrected chi connectivity index (χ3v) is 5.23. The second kappa shape index (κ2) is 9.83. The Morgan fingerprint density at radius 2 is 1.28 bits per heavy atom. The van der Waals surface area contributed by atoms with E-state index in [-0.39, 0.29) is 19.8 Å². The van der Waals surface area contributed by atoms with E-state index in [9.17, 15) is 9.59 Å². The highest BCUT2D eigenvalue weighted by Gasteiger charge is 2.37. The van der Waals surface area contributed by atoms with Gasteiger partial charge in [0, 0.05) is 0 Å². The van der Waals surface area contributed by atoms with Crippen LogP contribution in [0.3, 0.4) is 0 Å². The summed E-state index contributed by atoms with van der Waals surface area (Å²) in [6, 6.07) is 25.7. The van der Waals surface area contributed by atoms with Crippen molar-refractivity contribution in [3.05, 3.63) is 109 Å². The molecular weight excluding hydrogens is 404 g/mol. The predicted molar refractivity (Wildman–Crippen MR) is 124 cm³/mol. The van der Waals surface area contributed by atoms with E-state index >= 15 is 0 Å². The highest BCUT2D eigenvalue weighted by molar-refractivity contribution is 6.01. The molecule has 1 aliphatic heterocycles. The third-order valence-electron chi connectivity index (χ3n) is 5.23. The van der Waals surface area contributed by atoms with Crippen LogP contribution in [0.4, 0.5) is 21.0 Å². The van der Waals surface area contributed by atoms with Gasteiger partial charge in [-0.15, -0.1) is 6.58 Å². The van der Waals surface area contributed by atoms with Crippen molar-refractivity contribution in [3.63, 3.8) is 0 Å². The van der Waals surface area contributed by atoms with Crippen LogP contribution in [0.1, 0.15) is 11.1 Å². The van der Waals surface area contributed by atoms with Gasteiger partial charge in [0.1, 0.15) is 13.2 Å². The Labute approximate surface area is 187 Å². The minimum atomic E-state index is -0.497. The van der Waals surface area contributed by atoms with Gasteiger partial charge in [0.2, 0.25) is 0 Å². The van der Waals surface area contributed by atoms with E-state index in [0.29, 0.717) is 11.4 Å². The summed E-state index contributed by atoms with van der Waals surface area (Å²) in [5.74, 6) is 0. The van der Waals surface area contributed by atoms with Crippen LogP contribution in [0.5, 0.6) is 0 Å². The fraction of sp³-hybridized carbons (Fsp3) is 0.154. The Balaban J connectivity index is 1.53. The summed E-state index contributed by atoms with van der Waals surface area (Å²) in [7, 11) is 0. The maximum absolute atomic E-state index is 13.0. The molecule has 1 aliphatic rings. The van der Waals surface area contributed by atoms with Gasteiger partial charge in [-0.3, -0.25) is 9.80 Å². The van der Waals surface area contributed by atoms with E-state index in [1.54, 1.807) is 18.2 Å². The van der Waals surface area contributed by atoms with Gasteiger partial charge in [-0.1, -0.05) is 78.9 Å². The molecule has 0 radical (unpaired) electrons. The molecule has 1 unspecified atom stereocenters. The van der Waals surface area contributed by atoms with E-state index in [1.807, 2.05) is 72.8 Å². The lowest BCUT2D eigenvalue weighted by Gasteiger charge is -2.40. The number of fused-ring (bicyclic) bond motifs is 1. The molecule has 3 aromatic rings. The van der Waals surface area contributed by atoms with Gasteiger partial charge < -0.3 is 9.47 Å². The fourth-order valence-electron chi connectivity index (χ4n) is 3.61. The Morgan fingerprint density at radius 1 is 0.781 bits per heavy atom. The number of ether oxygens (including phenoxy) is 2. The quantitative estimate of drug-likeness (QED) is 0.501. The van der Waals surface area contributed by atoms with Crippen molar-refractivity contribution in [2.75, 3.05) is 16.3 Å². The number of anilines is 2. The molecule has 0 saturated carbocycles. The summed E-state index contributed by atoms with van der Waals surface area (Å²) in [6.07, 6.45) is 0.658. The van der Waals surface area contributed by atoms with Crippen molar-refractivity contribution in [1.82, 2.24) is 0 Å². The normalized spacial score (nSPS) is 14.9. The Bertz CT molecular complexity index is 1090. The molecule has 32 heavy (non-hydrogen) atoms. The van der Waals surface area contributed by atoms with E-state index < -0.39 is 18.2 Å². The smallest absolute Gasteiger partial charge is 0.415 e. The van der Waals surface area contributed by atoms with Gasteiger partial charge in [-0.05, 0) is 23.3 Å².